The first kappa shape index (κ1) is 16.8. The Morgan fingerprint density at radius 1 is 1.09 bits per heavy atom. The molecule has 2 aromatic carbocycles. The maximum Gasteiger partial charge on any atom is 0.279 e. The zero-order valence-corrected chi connectivity index (χ0v) is 14.1. The number of carbonyl (C=O) groups is 1. The number of hydrogen-bond acceptors (Lipinski definition) is 1. The largest absolute Gasteiger partial charge is 0.324 e. The Kier molecular flexibility index (Phi) is 5.83. The van der Waals surface area contributed by atoms with Gasteiger partial charge in [0.15, 0.2) is 6.54 Å². The third kappa shape index (κ3) is 4.23. The summed E-state index contributed by atoms with van der Waals surface area (Å²) >= 11 is 12.1. The molecule has 1 amide bonds. The maximum absolute atomic E-state index is 12.2. The minimum atomic E-state index is -0.115. The molecule has 1 unspecified atom stereocenters. The summed E-state index contributed by atoms with van der Waals surface area (Å²) in [6.45, 7) is 2.43. The Bertz CT molecular complexity index is 626. The molecule has 0 heterocycles. The second-order valence-corrected chi connectivity index (χ2v) is 6.11. The van der Waals surface area contributed by atoms with Crippen molar-refractivity contribution in [2.24, 2.45) is 0 Å². The van der Waals surface area contributed by atoms with Gasteiger partial charge in [-0.25, -0.2) is 0 Å². The molecule has 5 heteroatoms. The number of anilines is 1. The molecule has 0 bridgehead atoms. The molecule has 3 nitrogen and oxygen atoms in total. The van der Waals surface area contributed by atoms with Crippen LogP contribution in [0.15, 0.2) is 48.5 Å². The van der Waals surface area contributed by atoms with Crippen LogP contribution in [0, 0.1) is 0 Å². The van der Waals surface area contributed by atoms with Gasteiger partial charge in [-0.2, -0.15) is 0 Å². The lowest BCUT2D eigenvalue weighted by Gasteiger charge is -2.21. The van der Waals surface area contributed by atoms with Crippen LogP contribution in [0.3, 0.4) is 0 Å². The first-order valence-corrected chi connectivity index (χ1v) is 7.85. The lowest BCUT2D eigenvalue weighted by Crippen LogP contribution is -3.10. The van der Waals surface area contributed by atoms with E-state index in [1.54, 1.807) is 18.2 Å². The number of benzene rings is 2. The molecule has 0 saturated carbocycles. The maximum atomic E-state index is 12.2. The average Bonchev–Trinajstić information content (AvgIpc) is 2.51. The molecule has 22 heavy (non-hydrogen) atoms. The van der Waals surface area contributed by atoms with E-state index >= 15 is 0 Å². The number of nitrogens with one attached hydrogen (secondary N) is 2. The number of likely N-dealkylation sites (N-methyl/N-ethyl adjacent to an activating group) is 1. The molecule has 2 atom stereocenters. The lowest BCUT2D eigenvalue weighted by atomic mass is 10.1. The molecule has 0 saturated heterocycles. The fourth-order valence-corrected chi connectivity index (χ4v) is 2.73. The normalized spacial score (nSPS) is 13.5. The van der Waals surface area contributed by atoms with E-state index in [9.17, 15) is 4.79 Å². The van der Waals surface area contributed by atoms with Crippen molar-refractivity contribution < 1.29 is 9.69 Å². The topological polar surface area (TPSA) is 33.5 Å². The van der Waals surface area contributed by atoms with Gasteiger partial charge >= 0.3 is 0 Å². The Balaban J connectivity index is 2.00. The second-order valence-electron chi connectivity index (χ2n) is 5.30. The van der Waals surface area contributed by atoms with Crippen molar-refractivity contribution in [1.82, 2.24) is 0 Å². The number of amides is 1. The molecule has 2 aromatic rings. The van der Waals surface area contributed by atoms with Crippen LogP contribution >= 0.6 is 23.2 Å². The SMILES string of the molecule is C[C@H](c1ccccc1)[NH+](C)CC(=O)Nc1c(Cl)cccc1Cl. The van der Waals surface area contributed by atoms with E-state index in [1.807, 2.05) is 25.2 Å². The fourth-order valence-electron chi connectivity index (χ4n) is 2.23. The molecular formula is C17H19Cl2N2O+. The highest BCUT2D eigenvalue weighted by Gasteiger charge is 2.19. The lowest BCUT2D eigenvalue weighted by molar-refractivity contribution is -0.902. The van der Waals surface area contributed by atoms with Gasteiger partial charge in [-0.1, -0.05) is 59.6 Å². The zero-order chi connectivity index (χ0) is 16.1. The summed E-state index contributed by atoms with van der Waals surface area (Å²) < 4.78 is 0. The molecule has 0 aliphatic heterocycles. The summed E-state index contributed by atoms with van der Waals surface area (Å²) in [5.41, 5.74) is 1.67. The van der Waals surface area contributed by atoms with Crippen molar-refractivity contribution in [3.05, 3.63) is 64.1 Å². The van der Waals surface area contributed by atoms with E-state index in [0.717, 1.165) is 4.90 Å². The minimum Gasteiger partial charge on any atom is -0.324 e. The molecular weight excluding hydrogens is 319 g/mol. The van der Waals surface area contributed by atoms with Crippen molar-refractivity contribution in [2.75, 3.05) is 18.9 Å². The zero-order valence-electron chi connectivity index (χ0n) is 12.6. The van der Waals surface area contributed by atoms with Crippen molar-refractivity contribution in [1.29, 1.82) is 0 Å². The van der Waals surface area contributed by atoms with Crippen LogP contribution in [0.1, 0.15) is 18.5 Å². The van der Waals surface area contributed by atoms with Gasteiger partial charge in [0.05, 0.1) is 22.8 Å². The summed E-state index contributed by atoms with van der Waals surface area (Å²) in [6, 6.07) is 15.5. The van der Waals surface area contributed by atoms with Gasteiger partial charge in [-0.3, -0.25) is 4.79 Å². The molecule has 0 aromatic heterocycles. The van der Waals surface area contributed by atoms with E-state index in [-0.39, 0.29) is 11.9 Å². The van der Waals surface area contributed by atoms with Crippen molar-refractivity contribution >= 4 is 34.8 Å². The molecule has 2 N–H and O–H groups in total. The summed E-state index contributed by atoms with van der Waals surface area (Å²) in [5.74, 6) is -0.115. The van der Waals surface area contributed by atoms with Crippen LogP contribution in [0.2, 0.25) is 10.0 Å². The molecule has 0 radical (unpaired) electrons. The van der Waals surface area contributed by atoms with E-state index in [1.165, 1.54) is 5.56 Å². The highest BCUT2D eigenvalue weighted by atomic mass is 35.5. The van der Waals surface area contributed by atoms with Crippen molar-refractivity contribution in [2.45, 2.75) is 13.0 Å². The Hall–Kier alpha value is -1.55. The predicted octanol–water partition coefficient (Wildman–Crippen LogP) is 3.21. The van der Waals surface area contributed by atoms with Crippen molar-refractivity contribution in [3.63, 3.8) is 0 Å². The molecule has 0 aliphatic carbocycles. The van der Waals surface area contributed by atoms with Crippen LogP contribution in [0.4, 0.5) is 5.69 Å². The van der Waals surface area contributed by atoms with Crippen LogP contribution in [0.25, 0.3) is 0 Å². The summed E-state index contributed by atoms with van der Waals surface area (Å²) in [7, 11) is 1.99. The molecule has 116 valence electrons. The minimum absolute atomic E-state index is 0.115. The predicted molar refractivity (Wildman–Crippen MR) is 91.7 cm³/mol. The molecule has 2 rings (SSSR count). The third-order valence-electron chi connectivity index (χ3n) is 3.71. The number of hydrogen-bond donors (Lipinski definition) is 2. The number of quaternary nitrogens is 1. The highest BCUT2D eigenvalue weighted by molar-refractivity contribution is 6.39. The Labute approximate surface area is 140 Å². The van der Waals surface area contributed by atoms with E-state index in [2.05, 4.69) is 24.4 Å². The number of rotatable bonds is 5. The van der Waals surface area contributed by atoms with E-state index in [4.69, 9.17) is 23.2 Å². The average molecular weight is 338 g/mol. The van der Waals surface area contributed by atoms with Gasteiger partial charge in [-0.05, 0) is 19.1 Å². The summed E-state index contributed by atoms with van der Waals surface area (Å²) in [6.07, 6.45) is 0. The smallest absolute Gasteiger partial charge is 0.279 e. The van der Waals surface area contributed by atoms with Gasteiger partial charge in [-0.15, -0.1) is 0 Å². The van der Waals surface area contributed by atoms with E-state index in [0.29, 0.717) is 22.3 Å². The van der Waals surface area contributed by atoms with Gasteiger partial charge < -0.3 is 10.2 Å². The molecule has 0 spiro atoms. The highest BCUT2D eigenvalue weighted by Crippen LogP contribution is 2.29. The number of carbonyl (C=O) groups excluding carboxylic acids is 1. The molecule has 0 fully saturated rings. The quantitative estimate of drug-likeness (QED) is 0.862. The standard InChI is InChI=1S/C17H18Cl2N2O/c1-12(13-7-4-3-5-8-13)21(2)11-16(22)20-17-14(18)9-6-10-15(17)19/h3-10,12H,11H2,1-2H3,(H,20,22)/p+1/t12-/m1/s1. The third-order valence-corrected chi connectivity index (χ3v) is 4.34. The van der Waals surface area contributed by atoms with Crippen LogP contribution in [0.5, 0.6) is 0 Å². The van der Waals surface area contributed by atoms with E-state index < -0.39 is 0 Å². The summed E-state index contributed by atoms with van der Waals surface area (Å²) in [5, 5.41) is 3.67. The van der Waals surface area contributed by atoms with Gasteiger partial charge in [0.1, 0.15) is 6.04 Å². The number of para-hydroxylation sites is 1. The Morgan fingerprint density at radius 3 is 2.27 bits per heavy atom. The van der Waals surface area contributed by atoms with Gasteiger partial charge in [0.2, 0.25) is 0 Å². The second kappa shape index (κ2) is 7.63. The van der Waals surface area contributed by atoms with Crippen LogP contribution in [-0.4, -0.2) is 19.5 Å². The van der Waals surface area contributed by atoms with Crippen LogP contribution in [-0.2, 0) is 4.79 Å². The van der Waals surface area contributed by atoms with Crippen LogP contribution < -0.4 is 10.2 Å². The molecule has 0 aliphatic rings. The fraction of sp³-hybridized carbons (Fsp3) is 0.235. The van der Waals surface area contributed by atoms with Crippen molar-refractivity contribution in [3.8, 4) is 0 Å². The van der Waals surface area contributed by atoms with Gasteiger partial charge in [0, 0.05) is 5.56 Å². The Morgan fingerprint density at radius 2 is 1.68 bits per heavy atom. The summed E-state index contributed by atoms with van der Waals surface area (Å²) in [4.78, 5) is 13.3. The number of halogens is 2. The first-order chi connectivity index (χ1) is 10.5. The monoisotopic (exact) mass is 337 g/mol. The first-order valence-electron chi connectivity index (χ1n) is 7.10. The van der Waals surface area contributed by atoms with Gasteiger partial charge in [0.25, 0.3) is 5.91 Å².